The summed E-state index contributed by atoms with van der Waals surface area (Å²) < 4.78 is 10.9. The van der Waals surface area contributed by atoms with Crippen molar-refractivity contribution in [2.24, 2.45) is 0 Å². The molecule has 2 fully saturated rings. The molecule has 8 nitrogen and oxygen atoms in total. The average molecular weight is 413 g/mol. The molecule has 0 bridgehead atoms. The van der Waals surface area contributed by atoms with Crippen molar-refractivity contribution in [1.29, 1.82) is 0 Å². The van der Waals surface area contributed by atoms with Crippen LogP contribution in [0.5, 0.6) is 6.01 Å². The van der Waals surface area contributed by atoms with Gasteiger partial charge in [0, 0.05) is 32.7 Å². The van der Waals surface area contributed by atoms with Crippen LogP contribution in [-0.2, 0) is 4.74 Å². The Kier molecular flexibility index (Phi) is 7.31. The summed E-state index contributed by atoms with van der Waals surface area (Å²) in [5.41, 5.74) is 1.21. The van der Waals surface area contributed by atoms with Crippen molar-refractivity contribution in [2.45, 2.75) is 31.7 Å². The zero-order chi connectivity index (χ0) is 20.6. The van der Waals surface area contributed by atoms with E-state index >= 15 is 0 Å². The molecule has 1 aromatic carbocycles. The smallest absolute Gasteiger partial charge is 0.322 e. The summed E-state index contributed by atoms with van der Waals surface area (Å²) in [6, 6.07) is 10.9. The number of aromatic nitrogens is 3. The summed E-state index contributed by atoms with van der Waals surface area (Å²) in [6.07, 6.45) is 4.86. The van der Waals surface area contributed by atoms with Gasteiger partial charge in [0.1, 0.15) is 0 Å². The lowest BCUT2D eigenvalue weighted by atomic mass is 10.1. The van der Waals surface area contributed by atoms with Crippen LogP contribution in [-0.4, -0.2) is 72.9 Å². The van der Waals surface area contributed by atoms with E-state index in [2.05, 4.69) is 49.4 Å². The number of anilines is 2. The monoisotopic (exact) mass is 412 g/mol. The van der Waals surface area contributed by atoms with E-state index in [1.807, 2.05) is 6.07 Å². The molecule has 3 heterocycles. The molecule has 4 rings (SSSR count). The third-order valence-electron chi connectivity index (χ3n) is 5.72. The van der Waals surface area contributed by atoms with Gasteiger partial charge in [-0.3, -0.25) is 4.90 Å². The van der Waals surface area contributed by atoms with Gasteiger partial charge in [-0.15, -0.1) is 0 Å². The lowest BCUT2D eigenvalue weighted by Crippen LogP contribution is -2.40. The molecular formula is C22H32N6O2. The van der Waals surface area contributed by atoms with Crippen molar-refractivity contribution in [3.8, 4) is 6.01 Å². The molecule has 0 amide bonds. The summed E-state index contributed by atoms with van der Waals surface area (Å²) in [4.78, 5) is 18.5. The number of rotatable bonds is 7. The first-order chi connectivity index (χ1) is 14.8. The molecule has 30 heavy (non-hydrogen) atoms. The van der Waals surface area contributed by atoms with Crippen LogP contribution in [0.15, 0.2) is 30.3 Å². The van der Waals surface area contributed by atoms with E-state index in [9.17, 15) is 0 Å². The fourth-order valence-corrected chi connectivity index (χ4v) is 4.03. The van der Waals surface area contributed by atoms with Crippen LogP contribution in [0.4, 0.5) is 11.9 Å². The van der Waals surface area contributed by atoms with Crippen LogP contribution in [0.3, 0.4) is 0 Å². The van der Waals surface area contributed by atoms with Gasteiger partial charge in [0.25, 0.3) is 0 Å². The molecule has 2 aromatic rings. The minimum absolute atomic E-state index is 0.0633. The molecule has 0 radical (unpaired) electrons. The maximum atomic E-state index is 5.51. The molecule has 2 aliphatic rings. The number of hydrogen-bond acceptors (Lipinski definition) is 8. The second kappa shape index (κ2) is 10.5. The van der Waals surface area contributed by atoms with Gasteiger partial charge in [-0.25, -0.2) is 0 Å². The summed E-state index contributed by atoms with van der Waals surface area (Å²) in [6.45, 7) is 6.24. The first-order valence-corrected chi connectivity index (χ1v) is 11.0. The summed E-state index contributed by atoms with van der Waals surface area (Å²) >= 11 is 0. The highest BCUT2D eigenvalue weighted by molar-refractivity contribution is 5.40. The summed E-state index contributed by atoms with van der Waals surface area (Å²) in [5.74, 6) is 1.26. The van der Waals surface area contributed by atoms with Gasteiger partial charge < -0.3 is 19.7 Å². The predicted octanol–water partition coefficient (Wildman–Crippen LogP) is 2.75. The van der Waals surface area contributed by atoms with Gasteiger partial charge in [0.2, 0.25) is 11.9 Å². The Hall–Kier alpha value is -2.45. The highest BCUT2D eigenvalue weighted by Crippen LogP contribution is 2.23. The number of morpholine rings is 1. The normalized spacial score (nSPS) is 19.2. The van der Waals surface area contributed by atoms with Crippen molar-refractivity contribution in [1.82, 2.24) is 19.9 Å². The Balaban J connectivity index is 1.57. The topological polar surface area (TPSA) is 75.6 Å². The minimum Gasteiger partial charge on any atom is -0.467 e. The van der Waals surface area contributed by atoms with Crippen LogP contribution in [0, 0.1) is 0 Å². The Bertz CT molecular complexity index is 776. The molecular weight excluding hydrogens is 380 g/mol. The van der Waals surface area contributed by atoms with Crippen molar-refractivity contribution in [3.63, 3.8) is 0 Å². The van der Waals surface area contributed by atoms with E-state index in [-0.39, 0.29) is 6.04 Å². The minimum atomic E-state index is 0.0633. The van der Waals surface area contributed by atoms with E-state index in [0.717, 1.165) is 45.9 Å². The third-order valence-corrected chi connectivity index (χ3v) is 5.72. The number of benzene rings is 1. The van der Waals surface area contributed by atoms with Crippen LogP contribution in [0.25, 0.3) is 0 Å². The van der Waals surface area contributed by atoms with Gasteiger partial charge in [-0.2, -0.15) is 15.0 Å². The van der Waals surface area contributed by atoms with Crippen molar-refractivity contribution < 1.29 is 9.47 Å². The van der Waals surface area contributed by atoms with Gasteiger partial charge in [0.05, 0.1) is 26.4 Å². The van der Waals surface area contributed by atoms with Crippen molar-refractivity contribution in [2.75, 3.05) is 63.3 Å². The quantitative estimate of drug-likeness (QED) is 0.744. The molecule has 0 saturated carbocycles. The highest BCUT2D eigenvalue weighted by atomic mass is 16.5. The number of hydrogen-bond donors (Lipinski definition) is 1. The predicted molar refractivity (Wildman–Crippen MR) is 117 cm³/mol. The van der Waals surface area contributed by atoms with Crippen molar-refractivity contribution >= 4 is 11.9 Å². The second-order valence-electron chi connectivity index (χ2n) is 7.87. The summed E-state index contributed by atoms with van der Waals surface area (Å²) in [5, 5.41) is 3.56. The van der Waals surface area contributed by atoms with Crippen LogP contribution in [0.2, 0.25) is 0 Å². The fraction of sp³-hybridized carbons (Fsp3) is 0.591. The maximum absolute atomic E-state index is 5.51. The largest absolute Gasteiger partial charge is 0.467 e. The molecule has 8 heteroatoms. The van der Waals surface area contributed by atoms with E-state index in [4.69, 9.17) is 14.5 Å². The molecule has 2 saturated heterocycles. The molecule has 162 valence electrons. The van der Waals surface area contributed by atoms with Crippen molar-refractivity contribution in [3.05, 3.63) is 35.9 Å². The molecule has 1 N–H and O–H groups in total. The van der Waals surface area contributed by atoms with Gasteiger partial charge in [-0.05, 0) is 18.4 Å². The molecule has 1 aromatic heterocycles. The Morgan fingerprint density at radius 2 is 1.70 bits per heavy atom. The maximum Gasteiger partial charge on any atom is 0.322 e. The van der Waals surface area contributed by atoms with Gasteiger partial charge in [0.15, 0.2) is 0 Å². The average Bonchev–Trinajstić information content (AvgIpc) is 3.09. The van der Waals surface area contributed by atoms with Gasteiger partial charge in [-0.1, -0.05) is 43.2 Å². The zero-order valence-electron chi connectivity index (χ0n) is 17.8. The number of methoxy groups -OCH3 is 1. The zero-order valence-corrected chi connectivity index (χ0v) is 17.8. The molecule has 1 unspecified atom stereocenters. The molecule has 1 atom stereocenters. The molecule has 2 aliphatic heterocycles. The number of nitrogens with zero attached hydrogens (tertiary/aromatic N) is 5. The van der Waals surface area contributed by atoms with Crippen LogP contribution in [0.1, 0.15) is 37.3 Å². The standard InChI is InChI=1S/C22H32N6O2/c1-29-22-25-20(24-21(26-22)28-11-7-2-3-8-12-28)23-19(18-9-5-4-6-10-18)17-27-13-15-30-16-14-27/h4-6,9-10,19H,2-3,7-8,11-17H2,1H3,(H,23,24,25,26). The lowest BCUT2D eigenvalue weighted by Gasteiger charge is -2.31. The fourth-order valence-electron chi connectivity index (χ4n) is 4.03. The van der Waals surface area contributed by atoms with Crippen LogP contribution < -0.4 is 15.0 Å². The lowest BCUT2D eigenvalue weighted by molar-refractivity contribution is 0.0360. The Morgan fingerprint density at radius 3 is 2.40 bits per heavy atom. The SMILES string of the molecule is COc1nc(NC(CN2CCOCC2)c2ccccc2)nc(N2CCCCCC2)n1. The first-order valence-electron chi connectivity index (χ1n) is 11.0. The Morgan fingerprint density at radius 1 is 0.967 bits per heavy atom. The second-order valence-corrected chi connectivity index (χ2v) is 7.87. The Labute approximate surface area is 178 Å². The van der Waals surface area contributed by atoms with E-state index in [1.165, 1.54) is 31.2 Å². The van der Waals surface area contributed by atoms with Gasteiger partial charge >= 0.3 is 6.01 Å². The molecule has 0 aliphatic carbocycles. The number of ether oxygens (including phenoxy) is 2. The van der Waals surface area contributed by atoms with E-state index in [1.54, 1.807) is 7.11 Å². The molecule has 0 spiro atoms. The van der Waals surface area contributed by atoms with E-state index < -0.39 is 0 Å². The summed E-state index contributed by atoms with van der Waals surface area (Å²) in [7, 11) is 1.60. The first kappa shape index (κ1) is 20.8. The highest BCUT2D eigenvalue weighted by Gasteiger charge is 2.21. The third kappa shape index (κ3) is 5.58. The van der Waals surface area contributed by atoms with Crippen LogP contribution >= 0.6 is 0 Å². The van der Waals surface area contributed by atoms with E-state index in [0.29, 0.717) is 17.9 Å². The number of nitrogens with one attached hydrogen (secondary N) is 1.